The van der Waals surface area contributed by atoms with Crippen molar-refractivity contribution in [1.82, 2.24) is 9.97 Å². The fourth-order valence-corrected chi connectivity index (χ4v) is 3.19. The van der Waals surface area contributed by atoms with Crippen LogP contribution in [0.15, 0.2) is 54.0 Å². The van der Waals surface area contributed by atoms with Crippen molar-refractivity contribution in [3.05, 3.63) is 71.3 Å². The number of benzene rings is 1. The van der Waals surface area contributed by atoms with Gasteiger partial charge < -0.3 is 11.1 Å². The van der Waals surface area contributed by atoms with Gasteiger partial charge in [0.1, 0.15) is 0 Å². The standard InChI is InChI=1S/C19H18N4OS/c1-12-10-13(2)22-18(21-12)16(11-20)19(24)23-15-7-5-14(6-8-15)17-4-3-9-25-17/h3-11H,20H2,1-2H3,(H,23,24). The van der Waals surface area contributed by atoms with Crippen LogP contribution in [0.4, 0.5) is 5.69 Å². The zero-order chi connectivity index (χ0) is 17.8. The van der Waals surface area contributed by atoms with E-state index in [2.05, 4.69) is 21.4 Å². The molecule has 0 saturated heterocycles. The van der Waals surface area contributed by atoms with Crippen LogP contribution in [-0.2, 0) is 4.79 Å². The van der Waals surface area contributed by atoms with E-state index >= 15 is 0 Å². The lowest BCUT2D eigenvalue weighted by Crippen LogP contribution is -2.17. The number of rotatable bonds is 4. The molecule has 25 heavy (non-hydrogen) atoms. The summed E-state index contributed by atoms with van der Waals surface area (Å²) >= 11 is 1.67. The summed E-state index contributed by atoms with van der Waals surface area (Å²) in [6, 6.07) is 13.6. The number of carbonyl (C=O) groups excluding carboxylic acids is 1. The lowest BCUT2D eigenvalue weighted by molar-refractivity contribution is -0.111. The minimum Gasteiger partial charge on any atom is -0.404 e. The minimum atomic E-state index is -0.337. The third-order valence-corrected chi connectivity index (χ3v) is 4.50. The monoisotopic (exact) mass is 350 g/mol. The molecule has 3 N–H and O–H groups in total. The van der Waals surface area contributed by atoms with E-state index in [4.69, 9.17) is 5.73 Å². The molecule has 6 heteroatoms. The normalized spacial score (nSPS) is 11.4. The van der Waals surface area contributed by atoms with Gasteiger partial charge in [0.15, 0.2) is 5.82 Å². The first-order chi connectivity index (χ1) is 12.1. The third-order valence-electron chi connectivity index (χ3n) is 3.58. The Morgan fingerprint density at radius 1 is 1.12 bits per heavy atom. The molecule has 0 fully saturated rings. The Balaban J connectivity index is 1.78. The Morgan fingerprint density at radius 3 is 2.36 bits per heavy atom. The summed E-state index contributed by atoms with van der Waals surface area (Å²) in [5, 5.41) is 4.87. The Kier molecular flexibility index (Phi) is 4.90. The molecule has 126 valence electrons. The van der Waals surface area contributed by atoms with Crippen molar-refractivity contribution in [2.45, 2.75) is 13.8 Å². The second-order valence-electron chi connectivity index (χ2n) is 5.56. The number of amides is 1. The summed E-state index contributed by atoms with van der Waals surface area (Å²) in [6.07, 6.45) is 1.24. The van der Waals surface area contributed by atoms with E-state index in [1.807, 2.05) is 55.6 Å². The first-order valence-corrected chi connectivity index (χ1v) is 8.64. The number of aryl methyl sites for hydroxylation is 2. The highest BCUT2D eigenvalue weighted by Gasteiger charge is 2.15. The number of nitrogens with one attached hydrogen (secondary N) is 1. The number of carbonyl (C=O) groups is 1. The maximum atomic E-state index is 12.5. The quantitative estimate of drug-likeness (QED) is 0.702. The van der Waals surface area contributed by atoms with Crippen molar-refractivity contribution in [2.75, 3.05) is 5.32 Å². The van der Waals surface area contributed by atoms with Gasteiger partial charge in [-0.05, 0) is 49.1 Å². The molecule has 2 aromatic heterocycles. The lowest BCUT2D eigenvalue weighted by Gasteiger charge is -2.09. The van der Waals surface area contributed by atoms with Gasteiger partial charge in [-0.2, -0.15) is 0 Å². The molecular weight excluding hydrogens is 332 g/mol. The smallest absolute Gasteiger partial charge is 0.260 e. The van der Waals surface area contributed by atoms with E-state index in [9.17, 15) is 4.79 Å². The Morgan fingerprint density at radius 2 is 1.80 bits per heavy atom. The number of thiophene rings is 1. The van der Waals surface area contributed by atoms with E-state index in [1.165, 1.54) is 11.1 Å². The highest BCUT2D eigenvalue weighted by Crippen LogP contribution is 2.26. The number of hydrogen-bond acceptors (Lipinski definition) is 5. The summed E-state index contributed by atoms with van der Waals surface area (Å²) in [4.78, 5) is 22.3. The summed E-state index contributed by atoms with van der Waals surface area (Å²) in [6.45, 7) is 3.71. The van der Waals surface area contributed by atoms with Gasteiger partial charge in [-0.15, -0.1) is 11.3 Å². The summed E-state index contributed by atoms with van der Waals surface area (Å²) in [5.74, 6) is -0.0101. The molecule has 1 aromatic carbocycles. The molecule has 1 amide bonds. The van der Waals surface area contributed by atoms with E-state index in [-0.39, 0.29) is 11.5 Å². The van der Waals surface area contributed by atoms with Crippen LogP contribution < -0.4 is 11.1 Å². The van der Waals surface area contributed by atoms with Crippen molar-refractivity contribution in [1.29, 1.82) is 0 Å². The van der Waals surface area contributed by atoms with Crippen LogP contribution in [0.3, 0.4) is 0 Å². The van der Waals surface area contributed by atoms with E-state index in [0.29, 0.717) is 11.5 Å². The number of hydrogen-bond donors (Lipinski definition) is 2. The van der Waals surface area contributed by atoms with Crippen LogP contribution in [0.2, 0.25) is 0 Å². The van der Waals surface area contributed by atoms with Crippen LogP contribution in [0, 0.1) is 13.8 Å². The molecular formula is C19H18N4OS. The molecule has 0 aliphatic heterocycles. The van der Waals surface area contributed by atoms with Gasteiger partial charge in [-0.25, -0.2) is 9.97 Å². The highest BCUT2D eigenvalue weighted by atomic mass is 32.1. The molecule has 3 rings (SSSR count). The largest absolute Gasteiger partial charge is 0.404 e. The molecule has 0 aliphatic rings. The fourth-order valence-electron chi connectivity index (χ4n) is 2.46. The predicted octanol–water partition coefficient (Wildman–Crippen LogP) is 3.76. The summed E-state index contributed by atoms with van der Waals surface area (Å²) in [5.41, 5.74) is 9.27. The van der Waals surface area contributed by atoms with Crippen molar-refractivity contribution in [2.24, 2.45) is 5.73 Å². The molecule has 2 heterocycles. The van der Waals surface area contributed by atoms with Crippen LogP contribution >= 0.6 is 11.3 Å². The lowest BCUT2D eigenvalue weighted by atomic mass is 10.1. The van der Waals surface area contributed by atoms with Gasteiger partial charge in [0.05, 0.1) is 5.57 Å². The zero-order valence-corrected chi connectivity index (χ0v) is 14.8. The fraction of sp³-hybridized carbons (Fsp3) is 0.105. The average molecular weight is 350 g/mol. The number of nitrogens with two attached hydrogens (primary N) is 1. The van der Waals surface area contributed by atoms with Gasteiger partial charge in [0, 0.05) is 28.2 Å². The molecule has 0 aliphatic carbocycles. The second-order valence-corrected chi connectivity index (χ2v) is 6.51. The van der Waals surface area contributed by atoms with Crippen molar-refractivity contribution in [3.63, 3.8) is 0 Å². The Bertz CT molecular complexity index is 895. The van der Waals surface area contributed by atoms with Gasteiger partial charge in [-0.1, -0.05) is 18.2 Å². The molecule has 0 unspecified atom stereocenters. The van der Waals surface area contributed by atoms with Crippen LogP contribution in [0.1, 0.15) is 17.2 Å². The topological polar surface area (TPSA) is 80.9 Å². The number of aromatic nitrogens is 2. The van der Waals surface area contributed by atoms with Crippen LogP contribution in [0.5, 0.6) is 0 Å². The summed E-state index contributed by atoms with van der Waals surface area (Å²) in [7, 11) is 0. The van der Waals surface area contributed by atoms with Crippen LogP contribution in [0.25, 0.3) is 16.0 Å². The molecule has 0 spiro atoms. The molecule has 5 nitrogen and oxygen atoms in total. The maximum absolute atomic E-state index is 12.5. The highest BCUT2D eigenvalue weighted by molar-refractivity contribution is 7.13. The van der Waals surface area contributed by atoms with E-state index < -0.39 is 0 Å². The minimum absolute atomic E-state index is 0.245. The number of anilines is 1. The molecule has 3 aromatic rings. The van der Waals surface area contributed by atoms with Gasteiger partial charge in [0.2, 0.25) is 0 Å². The van der Waals surface area contributed by atoms with E-state index in [0.717, 1.165) is 17.0 Å². The Hall–Kier alpha value is -2.99. The predicted molar refractivity (Wildman–Crippen MR) is 102 cm³/mol. The van der Waals surface area contributed by atoms with Gasteiger partial charge in [0.25, 0.3) is 5.91 Å². The van der Waals surface area contributed by atoms with E-state index in [1.54, 1.807) is 11.3 Å². The third kappa shape index (κ3) is 3.92. The molecule has 0 radical (unpaired) electrons. The SMILES string of the molecule is Cc1cc(C)nc(C(=CN)C(=O)Nc2ccc(-c3cccs3)cc2)n1. The Labute approximate surface area is 150 Å². The van der Waals surface area contributed by atoms with Crippen molar-refractivity contribution >= 4 is 28.5 Å². The van der Waals surface area contributed by atoms with Gasteiger partial charge in [-0.3, -0.25) is 4.79 Å². The van der Waals surface area contributed by atoms with Crippen molar-refractivity contribution < 1.29 is 4.79 Å². The number of nitrogens with zero attached hydrogens (tertiary/aromatic N) is 2. The first kappa shape index (κ1) is 16.9. The summed E-state index contributed by atoms with van der Waals surface area (Å²) < 4.78 is 0. The first-order valence-electron chi connectivity index (χ1n) is 7.76. The van der Waals surface area contributed by atoms with Crippen LogP contribution in [-0.4, -0.2) is 15.9 Å². The maximum Gasteiger partial charge on any atom is 0.260 e. The average Bonchev–Trinajstić information content (AvgIpc) is 3.10. The molecule has 0 saturated carbocycles. The van der Waals surface area contributed by atoms with Gasteiger partial charge >= 0.3 is 0 Å². The molecule has 0 bridgehead atoms. The second kappa shape index (κ2) is 7.27. The zero-order valence-electron chi connectivity index (χ0n) is 14.0. The molecule has 0 atom stereocenters. The van der Waals surface area contributed by atoms with Crippen molar-refractivity contribution in [3.8, 4) is 10.4 Å².